The van der Waals surface area contributed by atoms with Gasteiger partial charge in [-0.05, 0) is 74.0 Å². The normalized spacial score (nSPS) is 17.0. The van der Waals surface area contributed by atoms with E-state index in [-0.39, 0.29) is 41.9 Å². The lowest BCUT2D eigenvalue weighted by molar-refractivity contribution is -0.137. The van der Waals surface area contributed by atoms with Gasteiger partial charge >= 0.3 is 6.18 Å². The molecule has 0 bridgehead atoms. The van der Waals surface area contributed by atoms with E-state index in [2.05, 4.69) is 65.7 Å². The number of carbonyl (C=O) groups excluding carboxylic acids is 2. The Kier molecular flexibility index (Phi) is 12.5. The largest absolute Gasteiger partial charge is 0.486 e. The quantitative estimate of drug-likeness (QED) is 0.145. The predicted octanol–water partition coefficient (Wildman–Crippen LogP) is 7.84. The summed E-state index contributed by atoms with van der Waals surface area (Å²) in [5.74, 6) is 0.153. The molecule has 0 fully saturated rings. The summed E-state index contributed by atoms with van der Waals surface area (Å²) in [5, 5.41) is 12.8. The number of fused-ring (bicyclic) bond motifs is 1. The number of amides is 2. The summed E-state index contributed by atoms with van der Waals surface area (Å²) in [6, 6.07) is 25.9. The van der Waals surface area contributed by atoms with Gasteiger partial charge < -0.3 is 20.1 Å². The van der Waals surface area contributed by atoms with Crippen LogP contribution in [0.5, 0.6) is 5.75 Å². The van der Waals surface area contributed by atoms with E-state index in [0.717, 1.165) is 23.4 Å². The van der Waals surface area contributed by atoms with Crippen LogP contribution in [0.4, 0.5) is 18.9 Å². The number of benzene rings is 4. The second kappa shape index (κ2) is 16.8. The molecule has 51 heavy (non-hydrogen) atoms. The number of nitrogens with one attached hydrogen (secondary N) is 1. The third-order valence-electron chi connectivity index (χ3n) is 8.97. The molecule has 7 nitrogen and oxygen atoms in total. The molecule has 1 aliphatic heterocycles. The van der Waals surface area contributed by atoms with Crippen LogP contribution in [0.1, 0.15) is 52.0 Å². The molecule has 0 aliphatic carbocycles. The lowest BCUT2D eigenvalue weighted by Gasteiger charge is -2.38. The van der Waals surface area contributed by atoms with Crippen LogP contribution >= 0.6 is 11.8 Å². The van der Waals surface area contributed by atoms with Crippen LogP contribution < -0.4 is 10.1 Å². The van der Waals surface area contributed by atoms with E-state index in [0.29, 0.717) is 25.2 Å². The summed E-state index contributed by atoms with van der Waals surface area (Å²) >= 11 is 1.80. The Bertz CT molecular complexity index is 1800. The number of anilines is 1. The van der Waals surface area contributed by atoms with Crippen molar-refractivity contribution in [3.05, 3.63) is 124 Å². The van der Waals surface area contributed by atoms with Gasteiger partial charge in [0.25, 0.3) is 5.91 Å². The van der Waals surface area contributed by atoms with Crippen LogP contribution in [0.2, 0.25) is 0 Å². The molecule has 1 unspecified atom stereocenters. The summed E-state index contributed by atoms with van der Waals surface area (Å²) < 4.78 is 45.7. The number of nitrogens with zero attached hydrogens (tertiary/aromatic N) is 2. The number of carbonyl (C=O) groups is 2. The van der Waals surface area contributed by atoms with Crippen molar-refractivity contribution in [1.29, 1.82) is 0 Å². The summed E-state index contributed by atoms with van der Waals surface area (Å²) in [6.45, 7) is 7.18. The van der Waals surface area contributed by atoms with Gasteiger partial charge in [0.1, 0.15) is 6.10 Å². The number of halogens is 3. The van der Waals surface area contributed by atoms with Crippen molar-refractivity contribution in [3.63, 3.8) is 0 Å². The minimum absolute atomic E-state index is 0.143. The van der Waals surface area contributed by atoms with Crippen LogP contribution in [0.15, 0.2) is 95.9 Å². The first-order valence-corrected chi connectivity index (χ1v) is 17.9. The smallest absolute Gasteiger partial charge is 0.416 e. The SMILES string of the molecule is Cc1cccc(SCc2ccc(CN(C)C[C@H]3Oc4c(NC(=O)Cc5ccc(C(F)(F)F)cc5)cccc4C(=O)N(C(C)CO)C[C@H]3C)cc2)c1. The summed E-state index contributed by atoms with van der Waals surface area (Å²) in [4.78, 5) is 32.0. The molecule has 0 aromatic heterocycles. The Morgan fingerprint density at radius 3 is 2.35 bits per heavy atom. The highest BCUT2D eigenvalue weighted by Gasteiger charge is 2.35. The van der Waals surface area contributed by atoms with Crippen molar-refractivity contribution in [2.24, 2.45) is 5.92 Å². The molecule has 1 aliphatic rings. The van der Waals surface area contributed by atoms with Crippen LogP contribution in [-0.2, 0) is 29.7 Å². The molecule has 0 radical (unpaired) electrons. The molecule has 11 heteroatoms. The number of hydrogen-bond donors (Lipinski definition) is 2. The molecular weight excluding hydrogens is 676 g/mol. The molecule has 270 valence electrons. The summed E-state index contributed by atoms with van der Waals surface area (Å²) in [7, 11) is 2.01. The van der Waals surface area contributed by atoms with Crippen LogP contribution in [0.25, 0.3) is 0 Å². The lowest BCUT2D eigenvalue weighted by Crippen LogP contribution is -2.49. The van der Waals surface area contributed by atoms with E-state index in [1.807, 2.05) is 14.0 Å². The van der Waals surface area contributed by atoms with Gasteiger partial charge in [-0.3, -0.25) is 14.5 Å². The fourth-order valence-corrected chi connectivity index (χ4v) is 7.02. The zero-order valence-electron chi connectivity index (χ0n) is 29.2. The molecule has 4 aromatic rings. The van der Waals surface area contributed by atoms with Gasteiger partial charge in [0.2, 0.25) is 5.91 Å². The molecule has 0 spiro atoms. The monoisotopic (exact) mass is 719 g/mol. The molecule has 4 aromatic carbocycles. The van der Waals surface area contributed by atoms with Gasteiger partial charge in [0.05, 0.1) is 35.9 Å². The van der Waals surface area contributed by atoms with Crippen molar-refractivity contribution in [2.45, 2.75) is 62.7 Å². The Balaban J connectivity index is 1.31. The van der Waals surface area contributed by atoms with E-state index in [4.69, 9.17) is 4.74 Å². The van der Waals surface area contributed by atoms with Gasteiger partial charge in [-0.1, -0.05) is 67.1 Å². The number of aliphatic hydroxyl groups is 1. The second-order valence-electron chi connectivity index (χ2n) is 13.3. The van der Waals surface area contributed by atoms with E-state index in [9.17, 15) is 27.9 Å². The molecule has 0 saturated carbocycles. The van der Waals surface area contributed by atoms with Gasteiger partial charge in [0, 0.05) is 36.2 Å². The highest BCUT2D eigenvalue weighted by atomic mass is 32.2. The van der Waals surface area contributed by atoms with Crippen LogP contribution in [-0.4, -0.2) is 65.6 Å². The van der Waals surface area contributed by atoms with Gasteiger partial charge in [-0.2, -0.15) is 13.2 Å². The predicted molar refractivity (Wildman–Crippen MR) is 195 cm³/mol. The number of aliphatic hydroxyl groups excluding tert-OH is 1. The highest BCUT2D eigenvalue weighted by molar-refractivity contribution is 7.98. The van der Waals surface area contributed by atoms with E-state index < -0.39 is 29.8 Å². The number of alkyl halides is 3. The highest BCUT2D eigenvalue weighted by Crippen LogP contribution is 2.35. The molecule has 2 N–H and O–H groups in total. The van der Waals surface area contributed by atoms with E-state index >= 15 is 0 Å². The lowest BCUT2D eigenvalue weighted by atomic mass is 9.98. The zero-order chi connectivity index (χ0) is 36.7. The minimum atomic E-state index is -4.47. The maximum atomic E-state index is 13.8. The standard InChI is InChI=1S/C40H44F3N3O4S/c1-26-7-5-8-33(19-26)51-25-31-13-11-30(12-14-31)22-45(4)23-36-27(2)21-46(28(3)24-47)39(49)34-9-6-10-35(38(34)50-36)44-37(48)20-29-15-17-32(18-16-29)40(41,42)43/h5-19,27-28,36,47H,20-25H2,1-4H3,(H,44,48)/t27-,28?,36-/m1/s1. The Labute approximate surface area is 301 Å². The van der Waals surface area contributed by atoms with Crippen LogP contribution in [0, 0.1) is 12.8 Å². The molecule has 0 saturated heterocycles. The van der Waals surface area contributed by atoms with Gasteiger partial charge in [0.15, 0.2) is 5.75 Å². The Morgan fingerprint density at radius 1 is 1.02 bits per heavy atom. The number of thioether (sulfide) groups is 1. The fraction of sp³-hybridized carbons (Fsp3) is 0.350. The summed E-state index contributed by atoms with van der Waals surface area (Å²) in [5.41, 5.74) is 3.77. The number of likely N-dealkylation sites (N-methyl/N-ethyl adjacent to an activating group) is 1. The van der Waals surface area contributed by atoms with Crippen molar-refractivity contribution in [2.75, 3.05) is 32.1 Å². The van der Waals surface area contributed by atoms with Crippen LogP contribution in [0.3, 0.4) is 0 Å². The molecule has 1 heterocycles. The third kappa shape index (κ3) is 10.1. The average molecular weight is 720 g/mol. The molecular formula is C40H44F3N3O4S. The first kappa shape index (κ1) is 37.9. The van der Waals surface area contributed by atoms with Crippen molar-refractivity contribution < 1.29 is 32.6 Å². The maximum absolute atomic E-state index is 13.8. The van der Waals surface area contributed by atoms with Gasteiger partial charge in [-0.15, -0.1) is 11.8 Å². The fourth-order valence-electron chi connectivity index (χ4n) is 6.05. The minimum Gasteiger partial charge on any atom is -0.486 e. The number of hydrogen-bond acceptors (Lipinski definition) is 6. The number of para-hydroxylation sites is 1. The number of rotatable bonds is 12. The molecule has 2 amide bonds. The zero-order valence-corrected chi connectivity index (χ0v) is 30.1. The number of aryl methyl sites for hydroxylation is 1. The first-order valence-electron chi connectivity index (χ1n) is 16.9. The molecule has 3 atom stereocenters. The van der Waals surface area contributed by atoms with Crippen molar-refractivity contribution >= 4 is 29.3 Å². The first-order chi connectivity index (χ1) is 24.3. The summed E-state index contributed by atoms with van der Waals surface area (Å²) in [6.07, 6.45) is -5.04. The van der Waals surface area contributed by atoms with Gasteiger partial charge in [-0.25, -0.2) is 0 Å². The number of ether oxygens (including phenoxy) is 1. The van der Waals surface area contributed by atoms with Crippen molar-refractivity contribution in [1.82, 2.24) is 9.80 Å². The van der Waals surface area contributed by atoms with E-state index in [1.54, 1.807) is 41.8 Å². The van der Waals surface area contributed by atoms with E-state index in [1.165, 1.54) is 28.2 Å². The van der Waals surface area contributed by atoms with Crippen molar-refractivity contribution in [3.8, 4) is 5.75 Å². The Hall–Kier alpha value is -4.32. The molecule has 5 rings (SSSR count). The average Bonchev–Trinajstić information content (AvgIpc) is 3.09. The second-order valence-corrected chi connectivity index (χ2v) is 14.4. The topological polar surface area (TPSA) is 82.1 Å². The third-order valence-corrected chi connectivity index (χ3v) is 10.0. The maximum Gasteiger partial charge on any atom is 0.416 e. The Morgan fingerprint density at radius 2 is 1.69 bits per heavy atom.